The van der Waals surface area contributed by atoms with Gasteiger partial charge in [-0.2, -0.15) is 0 Å². The highest BCUT2D eigenvalue weighted by Gasteiger charge is 2.59. The number of nitrogens with zero attached hydrogens (tertiary/aromatic N) is 3. The molecule has 4 aromatic rings. The molecule has 234 valence electrons. The highest BCUT2D eigenvalue weighted by molar-refractivity contribution is 9.10. The van der Waals surface area contributed by atoms with Gasteiger partial charge in [0, 0.05) is 71.3 Å². The fourth-order valence-corrected chi connectivity index (χ4v) is 8.07. The van der Waals surface area contributed by atoms with E-state index in [1.54, 1.807) is 20.8 Å². The average molecular weight is 693 g/mol. The molecular weight excluding hydrogens is 657 g/mol. The van der Waals surface area contributed by atoms with Crippen LogP contribution in [0.3, 0.4) is 0 Å². The number of likely N-dealkylation sites (tertiary alicyclic amines) is 1. The second kappa shape index (κ2) is 12.9. The van der Waals surface area contributed by atoms with E-state index in [0.717, 1.165) is 31.4 Å². The molecule has 2 aliphatic rings. The highest BCUT2D eigenvalue weighted by Crippen LogP contribution is 2.55. The number of amides is 4. The highest BCUT2D eigenvalue weighted by atomic mass is 79.9. The van der Waals surface area contributed by atoms with Crippen LogP contribution in [0.1, 0.15) is 36.1 Å². The van der Waals surface area contributed by atoms with Crippen LogP contribution in [-0.4, -0.2) is 75.0 Å². The Balaban J connectivity index is 1.46. The number of hydrogen-bond donors (Lipinski definition) is 2. The molecule has 2 N–H and O–H groups in total. The number of carbonyl (C=O) groups is 3. The van der Waals surface area contributed by atoms with E-state index in [1.807, 2.05) is 68.6 Å². The predicted molar refractivity (Wildman–Crippen MR) is 177 cm³/mol. The van der Waals surface area contributed by atoms with Gasteiger partial charge in [-0.3, -0.25) is 9.59 Å². The van der Waals surface area contributed by atoms with Crippen molar-refractivity contribution in [1.82, 2.24) is 25.0 Å². The molecule has 11 heteroatoms. The minimum absolute atomic E-state index is 0.00399. The number of carbonyl (C=O) groups excluding carboxylic acids is 3. The number of hydrogen-bond acceptors (Lipinski definition) is 4. The van der Waals surface area contributed by atoms with Crippen LogP contribution < -0.4 is 5.32 Å². The third kappa shape index (κ3) is 6.20. The Morgan fingerprint density at radius 1 is 1.02 bits per heavy atom. The summed E-state index contributed by atoms with van der Waals surface area (Å²) in [6, 6.07) is 19.6. The largest absolute Gasteiger partial charge is 0.361 e. The van der Waals surface area contributed by atoms with E-state index in [4.69, 9.17) is 0 Å². The lowest BCUT2D eigenvalue weighted by Gasteiger charge is -2.42. The smallest absolute Gasteiger partial charge is 0.317 e. The molecule has 2 saturated heterocycles. The van der Waals surface area contributed by atoms with E-state index in [2.05, 4.69) is 26.2 Å². The standard InChI is InChI=1S/C34H35BrFN5O3S/c1-3-37-33(44)40-16-14-39(15-17-40)32(43)34(45-26-11-4-22(2)5-12-26)19-30(42)41(21-23-6-8-24(35)9-7-23)31(34)28-20-38-29-18-25(36)10-13-27(28)29/h4-13,18,20,31,38H,3,14-17,19,21H2,1-2H3,(H,37,44). The predicted octanol–water partition coefficient (Wildman–Crippen LogP) is 6.26. The van der Waals surface area contributed by atoms with E-state index >= 15 is 4.79 Å². The van der Waals surface area contributed by atoms with Crippen LogP contribution in [0.4, 0.5) is 9.18 Å². The molecule has 45 heavy (non-hydrogen) atoms. The summed E-state index contributed by atoms with van der Waals surface area (Å²) in [5.41, 5.74) is 3.39. The number of aryl methyl sites for hydroxylation is 1. The Labute approximate surface area is 274 Å². The molecule has 2 fully saturated rings. The van der Waals surface area contributed by atoms with Crippen LogP contribution in [-0.2, 0) is 16.1 Å². The molecule has 3 aromatic carbocycles. The summed E-state index contributed by atoms with van der Waals surface area (Å²) >= 11 is 4.91. The summed E-state index contributed by atoms with van der Waals surface area (Å²) in [5, 5.41) is 3.60. The first-order valence-corrected chi connectivity index (χ1v) is 16.7. The molecule has 0 aliphatic carbocycles. The first-order valence-electron chi connectivity index (χ1n) is 15.1. The molecule has 2 aliphatic heterocycles. The molecule has 6 rings (SSSR count). The zero-order valence-corrected chi connectivity index (χ0v) is 27.6. The van der Waals surface area contributed by atoms with Gasteiger partial charge in [0.25, 0.3) is 0 Å². The van der Waals surface area contributed by atoms with Crippen LogP contribution in [0, 0.1) is 12.7 Å². The van der Waals surface area contributed by atoms with Crippen molar-refractivity contribution >= 4 is 56.4 Å². The summed E-state index contributed by atoms with van der Waals surface area (Å²) in [6.45, 7) is 6.24. The van der Waals surface area contributed by atoms with Crippen LogP contribution in [0.25, 0.3) is 10.9 Å². The topological polar surface area (TPSA) is 88.8 Å². The van der Waals surface area contributed by atoms with Crippen molar-refractivity contribution in [3.63, 3.8) is 0 Å². The molecule has 4 amide bonds. The van der Waals surface area contributed by atoms with Gasteiger partial charge in [-0.05, 0) is 61.9 Å². The lowest BCUT2D eigenvalue weighted by Crippen LogP contribution is -2.58. The fourth-order valence-electron chi connectivity index (χ4n) is 6.34. The minimum Gasteiger partial charge on any atom is -0.361 e. The zero-order valence-electron chi connectivity index (χ0n) is 25.2. The second-order valence-corrected chi connectivity index (χ2v) is 13.9. The Bertz CT molecular complexity index is 1720. The second-order valence-electron chi connectivity index (χ2n) is 11.6. The van der Waals surface area contributed by atoms with Crippen molar-refractivity contribution in [3.8, 4) is 0 Å². The van der Waals surface area contributed by atoms with Gasteiger partial charge in [0.1, 0.15) is 10.6 Å². The number of nitrogens with one attached hydrogen (secondary N) is 2. The molecular formula is C34H35BrFN5O3S. The molecule has 0 bridgehead atoms. The van der Waals surface area contributed by atoms with Crippen molar-refractivity contribution in [2.45, 2.75) is 42.5 Å². The number of rotatable bonds is 7. The molecule has 0 saturated carbocycles. The first kappa shape index (κ1) is 31.2. The van der Waals surface area contributed by atoms with Crippen molar-refractivity contribution in [1.29, 1.82) is 0 Å². The number of H-pyrrole nitrogens is 1. The molecule has 0 radical (unpaired) electrons. The van der Waals surface area contributed by atoms with Crippen LogP contribution in [0.15, 0.2) is 82.3 Å². The number of piperazine rings is 1. The maximum Gasteiger partial charge on any atom is 0.317 e. The van der Waals surface area contributed by atoms with Crippen molar-refractivity contribution in [2.75, 3.05) is 32.7 Å². The van der Waals surface area contributed by atoms with Crippen molar-refractivity contribution in [3.05, 3.63) is 99.9 Å². The third-order valence-corrected chi connectivity index (χ3v) is 10.5. The first-order chi connectivity index (χ1) is 21.7. The summed E-state index contributed by atoms with van der Waals surface area (Å²) in [5.74, 6) is -0.642. The van der Waals surface area contributed by atoms with E-state index < -0.39 is 10.8 Å². The van der Waals surface area contributed by atoms with Gasteiger partial charge in [-0.1, -0.05) is 45.8 Å². The Kier molecular flexibility index (Phi) is 8.92. The number of halogens is 2. The fraction of sp³-hybridized carbons (Fsp3) is 0.324. The van der Waals surface area contributed by atoms with E-state index in [1.165, 1.54) is 23.9 Å². The Morgan fingerprint density at radius 3 is 2.40 bits per heavy atom. The molecule has 8 nitrogen and oxygen atoms in total. The number of benzene rings is 3. The Hall–Kier alpha value is -3.83. The van der Waals surface area contributed by atoms with Gasteiger partial charge < -0.3 is 25.0 Å². The minimum atomic E-state index is -1.22. The lowest BCUT2D eigenvalue weighted by atomic mass is 9.90. The number of thioether (sulfide) groups is 1. The Morgan fingerprint density at radius 2 is 1.71 bits per heavy atom. The monoisotopic (exact) mass is 691 g/mol. The van der Waals surface area contributed by atoms with Crippen LogP contribution in [0.5, 0.6) is 0 Å². The van der Waals surface area contributed by atoms with Crippen molar-refractivity contribution < 1.29 is 18.8 Å². The summed E-state index contributed by atoms with van der Waals surface area (Å²) in [6.07, 6.45) is 1.81. The lowest BCUT2D eigenvalue weighted by molar-refractivity contribution is -0.136. The zero-order chi connectivity index (χ0) is 31.7. The summed E-state index contributed by atoms with van der Waals surface area (Å²) in [4.78, 5) is 51.1. The number of aromatic amines is 1. The van der Waals surface area contributed by atoms with Gasteiger partial charge in [0.2, 0.25) is 11.8 Å². The maximum atomic E-state index is 15.0. The molecule has 2 unspecified atom stereocenters. The van der Waals surface area contributed by atoms with E-state index in [9.17, 15) is 14.0 Å². The van der Waals surface area contributed by atoms with E-state index in [0.29, 0.717) is 44.8 Å². The summed E-state index contributed by atoms with van der Waals surface area (Å²) in [7, 11) is 0. The van der Waals surface area contributed by atoms with Gasteiger partial charge in [0.05, 0.1) is 12.5 Å². The number of urea groups is 1. The molecule has 2 atom stereocenters. The van der Waals surface area contributed by atoms with Crippen LogP contribution in [0.2, 0.25) is 0 Å². The van der Waals surface area contributed by atoms with Gasteiger partial charge in [-0.15, -0.1) is 11.8 Å². The average Bonchev–Trinajstić information content (AvgIpc) is 3.56. The van der Waals surface area contributed by atoms with Gasteiger partial charge in [-0.25, -0.2) is 9.18 Å². The SMILES string of the molecule is CCNC(=O)N1CCN(C(=O)C2(Sc3ccc(C)cc3)CC(=O)N(Cc3ccc(Br)cc3)C2c2c[nH]c3cc(F)ccc23)CC1. The van der Waals surface area contributed by atoms with Gasteiger partial charge >= 0.3 is 6.03 Å². The van der Waals surface area contributed by atoms with Gasteiger partial charge in [0.15, 0.2) is 0 Å². The number of fused-ring (bicyclic) bond motifs is 1. The molecule has 3 heterocycles. The number of aromatic nitrogens is 1. The van der Waals surface area contributed by atoms with E-state index in [-0.39, 0.29) is 30.1 Å². The third-order valence-electron chi connectivity index (χ3n) is 8.59. The molecule has 1 aromatic heterocycles. The maximum absolute atomic E-state index is 15.0. The summed E-state index contributed by atoms with van der Waals surface area (Å²) < 4.78 is 14.0. The van der Waals surface area contributed by atoms with Crippen LogP contribution >= 0.6 is 27.7 Å². The quantitative estimate of drug-likeness (QED) is 0.240. The normalized spacial score (nSPS) is 20.2. The molecule has 0 spiro atoms. The van der Waals surface area contributed by atoms with Crippen molar-refractivity contribution in [2.24, 2.45) is 0 Å².